The Labute approximate surface area is 133 Å². The van der Waals surface area contributed by atoms with Crippen molar-refractivity contribution < 1.29 is 37.3 Å². The SMILES string of the molecule is COC.COc1cc(OC(C)C)c(C(=O)C(F)(F)F)cc1CO. The Kier molecular flexibility index (Phi) is 8.63. The maximum absolute atomic E-state index is 12.6. The highest BCUT2D eigenvalue weighted by molar-refractivity contribution is 6.03. The number of benzene rings is 1. The highest BCUT2D eigenvalue weighted by Crippen LogP contribution is 2.34. The number of carbonyl (C=O) groups is 1. The van der Waals surface area contributed by atoms with Gasteiger partial charge in [-0.3, -0.25) is 4.79 Å². The number of rotatable bonds is 5. The van der Waals surface area contributed by atoms with Gasteiger partial charge in [0.25, 0.3) is 5.78 Å². The summed E-state index contributed by atoms with van der Waals surface area (Å²) in [4.78, 5) is 11.4. The molecule has 0 amide bonds. The lowest BCUT2D eigenvalue weighted by Crippen LogP contribution is -2.24. The molecule has 23 heavy (non-hydrogen) atoms. The number of alkyl halides is 3. The van der Waals surface area contributed by atoms with E-state index in [1.54, 1.807) is 28.1 Å². The highest BCUT2D eigenvalue weighted by atomic mass is 19.4. The lowest BCUT2D eigenvalue weighted by Gasteiger charge is -2.17. The van der Waals surface area contributed by atoms with Crippen LogP contribution in [0, 0.1) is 0 Å². The van der Waals surface area contributed by atoms with E-state index in [9.17, 15) is 18.0 Å². The lowest BCUT2D eigenvalue weighted by atomic mass is 10.0. The molecule has 0 bridgehead atoms. The van der Waals surface area contributed by atoms with Gasteiger partial charge in [-0.25, -0.2) is 0 Å². The monoisotopic (exact) mass is 338 g/mol. The maximum atomic E-state index is 12.6. The zero-order valence-corrected chi connectivity index (χ0v) is 13.7. The van der Waals surface area contributed by atoms with Crippen LogP contribution in [-0.4, -0.2) is 44.5 Å². The molecular weight excluding hydrogens is 317 g/mol. The molecule has 1 rings (SSSR count). The Morgan fingerprint density at radius 3 is 2.04 bits per heavy atom. The summed E-state index contributed by atoms with van der Waals surface area (Å²) < 4.78 is 52.1. The molecule has 0 unspecified atom stereocenters. The number of hydrogen-bond donors (Lipinski definition) is 1. The Hall–Kier alpha value is -1.80. The van der Waals surface area contributed by atoms with E-state index in [0.29, 0.717) is 0 Å². The van der Waals surface area contributed by atoms with Gasteiger partial charge in [-0.2, -0.15) is 13.2 Å². The van der Waals surface area contributed by atoms with Crippen molar-refractivity contribution in [1.82, 2.24) is 0 Å². The van der Waals surface area contributed by atoms with Crippen molar-refractivity contribution in [3.8, 4) is 11.5 Å². The number of hydrogen-bond acceptors (Lipinski definition) is 5. The minimum atomic E-state index is -5.02. The van der Waals surface area contributed by atoms with Crippen LogP contribution in [0.3, 0.4) is 0 Å². The molecule has 0 heterocycles. The molecule has 0 saturated heterocycles. The summed E-state index contributed by atoms with van der Waals surface area (Å²) in [5, 5.41) is 9.12. The maximum Gasteiger partial charge on any atom is 0.455 e. The number of carbonyl (C=O) groups excluding carboxylic acids is 1. The molecular formula is C15H21F3O5. The lowest BCUT2D eigenvalue weighted by molar-refractivity contribution is -0.0887. The molecule has 0 atom stereocenters. The molecule has 8 heteroatoms. The topological polar surface area (TPSA) is 65.0 Å². The average molecular weight is 338 g/mol. The number of Topliss-reactive ketones (excluding diaryl/α,β-unsaturated/α-hetero) is 1. The van der Waals surface area contributed by atoms with Crippen molar-refractivity contribution in [2.45, 2.75) is 32.7 Å². The molecule has 0 fully saturated rings. The minimum Gasteiger partial charge on any atom is -0.496 e. The number of ketones is 1. The van der Waals surface area contributed by atoms with E-state index in [2.05, 4.69) is 4.74 Å². The first-order valence-electron chi connectivity index (χ1n) is 6.62. The zero-order valence-electron chi connectivity index (χ0n) is 13.7. The van der Waals surface area contributed by atoms with Gasteiger partial charge < -0.3 is 19.3 Å². The summed E-state index contributed by atoms with van der Waals surface area (Å²) in [6.07, 6.45) is -5.43. The Morgan fingerprint density at radius 1 is 1.17 bits per heavy atom. The predicted octanol–water partition coefficient (Wildman–Crippen LogP) is 2.98. The second-order valence-electron chi connectivity index (χ2n) is 4.72. The molecule has 1 aromatic rings. The van der Waals surface area contributed by atoms with Gasteiger partial charge in [0, 0.05) is 25.8 Å². The van der Waals surface area contributed by atoms with Gasteiger partial charge >= 0.3 is 6.18 Å². The molecule has 5 nitrogen and oxygen atoms in total. The zero-order chi connectivity index (χ0) is 18.2. The van der Waals surface area contributed by atoms with E-state index in [-0.39, 0.29) is 17.1 Å². The molecule has 0 radical (unpaired) electrons. The van der Waals surface area contributed by atoms with Crippen molar-refractivity contribution >= 4 is 5.78 Å². The molecule has 132 valence electrons. The van der Waals surface area contributed by atoms with Crippen LogP contribution < -0.4 is 9.47 Å². The van der Waals surface area contributed by atoms with Crippen LogP contribution in [0.4, 0.5) is 13.2 Å². The number of ether oxygens (including phenoxy) is 3. The van der Waals surface area contributed by atoms with Crippen LogP contribution in [-0.2, 0) is 11.3 Å². The van der Waals surface area contributed by atoms with Crippen molar-refractivity contribution in [2.24, 2.45) is 0 Å². The molecule has 0 saturated carbocycles. The number of aliphatic hydroxyl groups is 1. The number of aliphatic hydroxyl groups excluding tert-OH is 1. The fourth-order valence-electron chi connectivity index (χ4n) is 1.60. The second-order valence-corrected chi connectivity index (χ2v) is 4.72. The van der Waals surface area contributed by atoms with E-state index in [1.807, 2.05) is 0 Å². The van der Waals surface area contributed by atoms with E-state index in [0.717, 1.165) is 6.07 Å². The van der Waals surface area contributed by atoms with Gasteiger partial charge in [0.2, 0.25) is 0 Å². The van der Waals surface area contributed by atoms with Gasteiger partial charge in [0.05, 0.1) is 25.4 Å². The van der Waals surface area contributed by atoms with Gasteiger partial charge in [-0.15, -0.1) is 0 Å². The third kappa shape index (κ3) is 6.45. The standard InChI is InChI=1S/C13H15F3O4.C2H6O/c1-7(2)20-11-5-10(19-3)8(6-17)4-9(11)12(18)13(14,15)16;1-3-2/h4-5,7,17H,6H2,1-3H3;1-2H3. The van der Waals surface area contributed by atoms with Crippen LogP contribution in [0.1, 0.15) is 29.8 Å². The first-order chi connectivity index (χ1) is 10.6. The van der Waals surface area contributed by atoms with Gasteiger partial charge in [-0.1, -0.05) is 0 Å². The molecule has 0 aromatic heterocycles. The predicted molar refractivity (Wildman–Crippen MR) is 78.0 cm³/mol. The molecule has 0 spiro atoms. The normalized spacial score (nSPS) is 10.9. The highest BCUT2D eigenvalue weighted by Gasteiger charge is 2.41. The van der Waals surface area contributed by atoms with Crippen LogP contribution in [0.15, 0.2) is 12.1 Å². The van der Waals surface area contributed by atoms with Gasteiger partial charge in [0.1, 0.15) is 11.5 Å². The summed E-state index contributed by atoms with van der Waals surface area (Å²) in [6.45, 7) is 2.69. The largest absolute Gasteiger partial charge is 0.496 e. The smallest absolute Gasteiger partial charge is 0.455 e. The van der Waals surface area contributed by atoms with E-state index < -0.39 is 30.2 Å². The van der Waals surface area contributed by atoms with Crippen LogP contribution in [0.2, 0.25) is 0 Å². The van der Waals surface area contributed by atoms with Crippen LogP contribution in [0.25, 0.3) is 0 Å². The second kappa shape index (κ2) is 9.36. The third-order valence-electron chi connectivity index (χ3n) is 2.42. The third-order valence-corrected chi connectivity index (χ3v) is 2.42. The summed E-state index contributed by atoms with van der Waals surface area (Å²) >= 11 is 0. The fourth-order valence-corrected chi connectivity index (χ4v) is 1.60. The van der Waals surface area contributed by atoms with Crippen molar-refractivity contribution in [3.05, 3.63) is 23.3 Å². The summed E-state index contributed by atoms with van der Waals surface area (Å²) in [5.74, 6) is -2.09. The van der Waals surface area contributed by atoms with Crippen molar-refractivity contribution in [1.29, 1.82) is 0 Å². The quantitative estimate of drug-likeness (QED) is 0.836. The minimum absolute atomic E-state index is 0.0798. The number of halogens is 3. The average Bonchev–Trinajstić information content (AvgIpc) is 2.45. The molecule has 1 aromatic carbocycles. The molecule has 1 N–H and O–H groups in total. The Morgan fingerprint density at radius 2 is 1.70 bits per heavy atom. The number of methoxy groups -OCH3 is 2. The van der Waals surface area contributed by atoms with Crippen molar-refractivity contribution in [2.75, 3.05) is 21.3 Å². The van der Waals surface area contributed by atoms with Gasteiger partial charge in [0.15, 0.2) is 0 Å². The van der Waals surface area contributed by atoms with E-state index in [4.69, 9.17) is 14.6 Å². The van der Waals surface area contributed by atoms with E-state index in [1.165, 1.54) is 13.2 Å². The first kappa shape index (κ1) is 21.2. The molecule has 0 aliphatic carbocycles. The summed E-state index contributed by atoms with van der Waals surface area (Å²) in [5.41, 5.74) is -0.563. The Bertz CT molecular complexity index is 513. The first-order valence-corrected chi connectivity index (χ1v) is 6.62. The van der Waals surface area contributed by atoms with Crippen LogP contribution >= 0.6 is 0 Å². The van der Waals surface area contributed by atoms with Gasteiger partial charge in [-0.05, 0) is 19.9 Å². The molecule has 0 aliphatic heterocycles. The van der Waals surface area contributed by atoms with E-state index >= 15 is 0 Å². The summed E-state index contributed by atoms with van der Waals surface area (Å²) in [7, 11) is 4.55. The molecule has 0 aliphatic rings. The Balaban J connectivity index is 0.00000149. The van der Waals surface area contributed by atoms with Crippen molar-refractivity contribution in [3.63, 3.8) is 0 Å². The van der Waals surface area contributed by atoms with Crippen LogP contribution in [0.5, 0.6) is 11.5 Å². The summed E-state index contributed by atoms with van der Waals surface area (Å²) in [6, 6.07) is 2.11. The fraction of sp³-hybridized carbons (Fsp3) is 0.533.